The first kappa shape index (κ1) is 15.9. The van der Waals surface area contributed by atoms with E-state index in [1.807, 2.05) is 20.8 Å². The van der Waals surface area contributed by atoms with E-state index in [1.54, 1.807) is 18.2 Å². The lowest BCUT2D eigenvalue weighted by Crippen LogP contribution is -1.92. The number of phenolic OH excluding ortho intramolecular Hbond substituents is 1. The highest BCUT2D eigenvalue weighted by atomic mass is 16.3. The minimum atomic E-state index is -0.109. The van der Waals surface area contributed by atoms with Crippen molar-refractivity contribution in [2.45, 2.75) is 27.7 Å². The van der Waals surface area contributed by atoms with Gasteiger partial charge in [0.2, 0.25) is 0 Å². The predicted octanol–water partition coefficient (Wildman–Crippen LogP) is 3.73. The van der Waals surface area contributed by atoms with Crippen molar-refractivity contribution in [2.24, 2.45) is 0 Å². The van der Waals surface area contributed by atoms with Gasteiger partial charge in [0.15, 0.2) is 5.78 Å². The van der Waals surface area contributed by atoms with E-state index in [4.69, 9.17) is 0 Å². The van der Waals surface area contributed by atoms with Gasteiger partial charge in [0, 0.05) is 0 Å². The molecule has 84 valence electrons. The minimum absolute atomic E-state index is 0.0671. The number of ketones is 1. The van der Waals surface area contributed by atoms with E-state index in [0.29, 0.717) is 5.56 Å². The van der Waals surface area contributed by atoms with Gasteiger partial charge in [-0.25, -0.2) is 0 Å². The van der Waals surface area contributed by atoms with Gasteiger partial charge in [0.25, 0.3) is 0 Å². The second-order valence-electron chi connectivity index (χ2n) is 2.58. The summed E-state index contributed by atoms with van der Waals surface area (Å²) in [6.45, 7) is 13.3. The third kappa shape index (κ3) is 5.68. The number of aryl methyl sites for hydroxylation is 1. The Hall–Kier alpha value is -1.57. The molecule has 0 aliphatic heterocycles. The van der Waals surface area contributed by atoms with Crippen LogP contribution in [0.1, 0.15) is 36.7 Å². The SMILES string of the molecule is C=C.CC.CC(=O)c1ccc(C)cc1O. The molecule has 1 aromatic carbocycles. The zero-order chi connectivity index (χ0) is 12.4. The van der Waals surface area contributed by atoms with Crippen LogP contribution >= 0.6 is 0 Å². The van der Waals surface area contributed by atoms with Gasteiger partial charge in [-0.1, -0.05) is 19.9 Å². The second kappa shape index (κ2) is 9.00. The first-order valence-corrected chi connectivity index (χ1v) is 4.92. The number of carbonyl (C=O) groups is 1. The highest BCUT2D eigenvalue weighted by Gasteiger charge is 2.04. The maximum Gasteiger partial charge on any atom is 0.163 e. The lowest BCUT2D eigenvalue weighted by Gasteiger charge is -1.99. The van der Waals surface area contributed by atoms with Crippen molar-refractivity contribution < 1.29 is 9.90 Å². The molecule has 2 nitrogen and oxygen atoms in total. The number of hydrogen-bond acceptors (Lipinski definition) is 2. The summed E-state index contributed by atoms with van der Waals surface area (Å²) < 4.78 is 0. The van der Waals surface area contributed by atoms with Crippen molar-refractivity contribution >= 4 is 5.78 Å². The molecule has 0 fully saturated rings. The number of hydrogen-bond donors (Lipinski definition) is 1. The van der Waals surface area contributed by atoms with Crippen LogP contribution in [-0.2, 0) is 0 Å². The zero-order valence-corrected chi connectivity index (χ0v) is 10.0. The van der Waals surface area contributed by atoms with E-state index in [2.05, 4.69) is 13.2 Å². The number of rotatable bonds is 1. The summed E-state index contributed by atoms with van der Waals surface area (Å²) in [5, 5.41) is 9.24. The second-order valence-corrected chi connectivity index (χ2v) is 2.58. The molecule has 1 N–H and O–H groups in total. The van der Waals surface area contributed by atoms with Crippen LogP contribution in [0.25, 0.3) is 0 Å². The van der Waals surface area contributed by atoms with Crippen molar-refractivity contribution in [1.29, 1.82) is 0 Å². The van der Waals surface area contributed by atoms with E-state index in [0.717, 1.165) is 5.56 Å². The average molecular weight is 208 g/mol. The standard InChI is InChI=1S/C9H10O2.C2H6.C2H4/c1-6-3-4-8(7(2)10)9(11)5-6;2*1-2/h3-5,11H,1-2H3;1-2H3;1-2H2. The lowest BCUT2D eigenvalue weighted by molar-refractivity contribution is 0.101. The van der Waals surface area contributed by atoms with Crippen LogP contribution in [0.3, 0.4) is 0 Å². The third-order valence-corrected chi connectivity index (χ3v) is 1.53. The maximum absolute atomic E-state index is 10.8. The Labute approximate surface area is 92.3 Å². The number of phenols is 1. The van der Waals surface area contributed by atoms with Crippen molar-refractivity contribution in [3.63, 3.8) is 0 Å². The monoisotopic (exact) mass is 208 g/mol. The number of carbonyl (C=O) groups excluding carboxylic acids is 1. The normalized spacial score (nSPS) is 7.73. The summed E-state index contributed by atoms with van der Waals surface area (Å²) in [5.74, 6) is -0.0417. The molecular weight excluding hydrogens is 188 g/mol. The summed E-state index contributed by atoms with van der Waals surface area (Å²) in [5.41, 5.74) is 1.34. The van der Waals surface area contributed by atoms with Crippen LogP contribution in [0, 0.1) is 6.92 Å². The van der Waals surface area contributed by atoms with Gasteiger partial charge in [-0.2, -0.15) is 0 Å². The zero-order valence-electron chi connectivity index (χ0n) is 10.0. The quantitative estimate of drug-likeness (QED) is 0.564. The van der Waals surface area contributed by atoms with Gasteiger partial charge < -0.3 is 5.11 Å². The summed E-state index contributed by atoms with van der Waals surface area (Å²) in [6.07, 6.45) is 0. The van der Waals surface area contributed by atoms with Gasteiger partial charge in [-0.15, -0.1) is 13.2 Å². The molecule has 0 atom stereocenters. The lowest BCUT2D eigenvalue weighted by atomic mass is 10.1. The molecule has 15 heavy (non-hydrogen) atoms. The van der Waals surface area contributed by atoms with Gasteiger partial charge in [0.05, 0.1) is 5.56 Å². The fraction of sp³-hybridized carbons (Fsp3) is 0.308. The van der Waals surface area contributed by atoms with Crippen LogP contribution in [-0.4, -0.2) is 10.9 Å². The van der Waals surface area contributed by atoms with Crippen LogP contribution in [0.15, 0.2) is 31.4 Å². The molecule has 0 bridgehead atoms. The Bertz CT molecular complexity index is 303. The largest absolute Gasteiger partial charge is 0.507 e. The average Bonchev–Trinajstić information content (AvgIpc) is 2.23. The van der Waals surface area contributed by atoms with E-state index in [1.165, 1.54) is 6.92 Å². The maximum atomic E-state index is 10.8. The molecule has 0 radical (unpaired) electrons. The Morgan fingerprint density at radius 3 is 2.07 bits per heavy atom. The summed E-state index contributed by atoms with van der Waals surface area (Å²) in [6, 6.07) is 5.01. The first-order valence-electron chi connectivity index (χ1n) is 4.92. The first-order chi connectivity index (χ1) is 7.11. The molecule has 0 heterocycles. The highest BCUT2D eigenvalue weighted by Crippen LogP contribution is 2.18. The molecule has 1 rings (SSSR count). The van der Waals surface area contributed by atoms with Crippen LogP contribution in [0.4, 0.5) is 0 Å². The minimum Gasteiger partial charge on any atom is -0.507 e. The molecule has 0 saturated carbocycles. The predicted molar refractivity (Wildman–Crippen MR) is 65.5 cm³/mol. The third-order valence-electron chi connectivity index (χ3n) is 1.53. The summed E-state index contributed by atoms with van der Waals surface area (Å²) >= 11 is 0. The summed E-state index contributed by atoms with van der Waals surface area (Å²) in [7, 11) is 0. The number of Topliss-reactive ketones (excluding diaryl/α,β-unsaturated/α-hetero) is 1. The van der Waals surface area contributed by atoms with E-state index in [9.17, 15) is 9.90 Å². The van der Waals surface area contributed by atoms with E-state index < -0.39 is 0 Å². The molecule has 0 amide bonds. The molecule has 0 unspecified atom stereocenters. The molecule has 0 saturated heterocycles. The number of aromatic hydroxyl groups is 1. The Morgan fingerprint density at radius 2 is 1.73 bits per heavy atom. The molecule has 0 aromatic heterocycles. The van der Waals surface area contributed by atoms with Crippen LogP contribution in [0.5, 0.6) is 5.75 Å². The Morgan fingerprint density at radius 1 is 1.27 bits per heavy atom. The smallest absolute Gasteiger partial charge is 0.163 e. The van der Waals surface area contributed by atoms with Crippen LogP contribution in [0.2, 0.25) is 0 Å². The Balaban J connectivity index is 0. The van der Waals surface area contributed by atoms with Crippen molar-refractivity contribution in [2.75, 3.05) is 0 Å². The van der Waals surface area contributed by atoms with E-state index >= 15 is 0 Å². The fourth-order valence-electron chi connectivity index (χ4n) is 0.939. The molecule has 1 aromatic rings. The van der Waals surface area contributed by atoms with Gasteiger partial charge >= 0.3 is 0 Å². The number of benzene rings is 1. The fourth-order valence-corrected chi connectivity index (χ4v) is 0.939. The topological polar surface area (TPSA) is 37.3 Å². The van der Waals surface area contributed by atoms with Gasteiger partial charge in [0.1, 0.15) is 5.75 Å². The Kier molecular flexibility index (Phi) is 9.53. The van der Waals surface area contributed by atoms with Crippen molar-refractivity contribution in [1.82, 2.24) is 0 Å². The van der Waals surface area contributed by atoms with E-state index in [-0.39, 0.29) is 11.5 Å². The highest BCUT2D eigenvalue weighted by molar-refractivity contribution is 5.96. The molecule has 0 aliphatic carbocycles. The van der Waals surface area contributed by atoms with Gasteiger partial charge in [-0.3, -0.25) is 4.79 Å². The molecule has 0 spiro atoms. The molecule has 0 aliphatic rings. The molecule has 2 heteroatoms. The molecular formula is C13H20O2. The summed E-state index contributed by atoms with van der Waals surface area (Å²) in [4.78, 5) is 10.8. The van der Waals surface area contributed by atoms with Gasteiger partial charge in [-0.05, 0) is 31.5 Å². The van der Waals surface area contributed by atoms with Crippen molar-refractivity contribution in [3.05, 3.63) is 42.5 Å². The van der Waals surface area contributed by atoms with Crippen LogP contribution < -0.4 is 0 Å². The van der Waals surface area contributed by atoms with Crippen molar-refractivity contribution in [3.8, 4) is 5.75 Å².